The van der Waals surface area contributed by atoms with E-state index in [-0.39, 0.29) is 5.70 Å². The number of carbonyl (C=O) groups excluding carboxylic acids is 2. The molecule has 0 N–H and O–H groups in total. The fourth-order valence-electron chi connectivity index (χ4n) is 4.52. The third kappa shape index (κ3) is 4.61. The summed E-state index contributed by atoms with van der Waals surface area (Å²) in [6.07, 6.45) is 8.66. The zero-order valence-electron chi connectivity index (χ0n) is 20.1. The van der Waals surface area contributed by atoms with E-state index in [0.717, 1.165) is 29.6 Å². The predicted octanol–water partition coefficient (Wildman–Crippen LogP) is 6.17. The van der Waals surface area contributed by atoms with Gasteiger partial charge in [-0.15, -0.1) is 0 Å². The summed E-state index contributed by atoms with van der Waals surface area (Å²) in [6.45, 7) is 3.23. The molecule has 1 aromatic heterocycles. The third-order valence-electron chi connectivity index (χ3n) is 6.45. The van der Waals surface area contributed by atoms with Crippen molar-refractivity contribution >= 4 is 45.6 Å². The molecule has 0 radical (unpaired) electrons. The van der Waals surface area contributed by atoms with Gasteiger partial charge in [0.1, 0.15) is 5.70 Å². The number of aryl methyl sites for hydroxylation is 1. The fourth-order valence-corrected chi connectivity index (χ4v) is 4.52. The SMILES string of the molecule is CCCCCCCCn1c2ccc(/C=C3/C(=O)OC(=O)N3C)cc2c2cc(N(C)C)ccc21. The highest BCUT2D eigenvalue weighted by molar-refractivity contribution is 6.11. The Morgan fingerprint density at radius 1 is 0.909 bits per heavy atom. The van der Waals surface area contributed by atoms with Crippen molar-refractivity contribution < 1.29 is 14.3 Å². The lowest BCUT2D eigenvalue weighted by Crippen LogP contribution is -2.16. The van der Waals surface area contributed by atoms with E-state index < -0.39 is 12.1 Å². The molecule has 1 amide bonds. The van der Waals surface area contributed by atoms with Gasteiger partial charge < -0.3 is 14.2 Å². The first kappa shape index (κ1) is 22.9. The summed E-state index contributed by atoms with van der Waals surface area (Å²) in [4.78, 5) is 27.1. The van der Waals surface area contributed by atoms with E-state index in [4.69, 9.17) is 4.74 Å². The number of aromatic nitrogens is 1. The lowest BCUT2D eigenvalue weighted by molar-refractivity contribution is -0.130. The van der Waals surface area contributed by atoms with Crippen LogP contribution in [0, 0.1) is 0 Å². The van der Waals surface area contributed by atoms with Gasteiger partial charge in [0.05, 0.1) is 0 Å². The molecule has 1 aliphatic rings. The summed E-state index contributed by atoms with van der Waals surface area (Å²) >= 11 is 0. The molecular weight excluding hydrogens is 414 g/mol. The van der Waals surface area contributed by atoms with Crippen LogP contribution in [0.15, 0.2) is 42.1 Å². The van der Waals surface area contributed by atoms with E-state index in [0.29, 0.717) is 0 Å². The Balaban J connectivity index is 1.73. The van der Waals surface area contributed by atoms with Crippen LogP contribution >= 0.6 is 0 Å². The number of esters is 1. The number of fused-ring (bicyclic) bond motifs is 3. The summed E-state index contributed by atoms with van der Waals surface area (Å²) in [5.74, 6) is -0.608. The number of rotatable bonds is 9. The predicted molar refractivity (Wildman–Crippen MR) is 134 cm³/mol. The molecule has 174 valence electrons. The first-order valence-corrected chi connectivity index (χ1v) is 11.9. The number of anilines is 1. The molecule has 6 nitrogen and oxygen atoms in total. The Labute approximate surface area is 195 Å². The Morgan fingerprint density at radius 2 is 1.58 bits per heavy atom. The number of hydrogen-bond acceptors (Lipinski definition) is 4. The molecule has 0 spiro atoms. The van der Waals surface area contributed by atoms with Crippen molar-refractivity contribution in [2.45, 2.75) is 52.0 Å². The van der Waals surface area contributed by atoms with Crippen molar-refractivity contribution in [3.63, 3.8) is 0 Å². The summed E-state index contributed by atoms with van der Waals surface area (Å²) in [6, 6.07) is 12.8. The molecule has 2 heterocycles. The maximum atomic E-state index is 12.0. The third-order valence-corrected chi connectivity index (χ3v) is 6.45. The second-order valence-corrected chi connectivity index (χ2v) is 9.04. The van der Waals surface area contributed by atoms with Gasteiger partial charge in [-0.2, -0.15) is 0 Å². The highest BCUT2D eigenvalue weighted by atomic mass is 16.6. The van der Waals surface area contributed by atoms with Crippen LogP contribution in [0.2, 0.25) is 0 Å². The number of ether oxygens (including phenoxy) is 1. The number of amides is 1. The van der Waals surface area contributed by atoms with E-state index in [1.54, 1.807) is 13.1 Å². The van der Waals surface area contributed by atoms with E-state index in [1.165, 1.54) is 53.4 Å². The van der Waals surface area contributed by atoms with Gasteiger partial charge in [-0.1, -0.05) is 45.1 Å². The standard InChI is InChI=1S/C27H33N3O3/c1-5-6-7-8-9-10-15-30-23-13-11-19(17-25-26(31)33-27(32)29(25)4)16-21(23)22-18-20(28(2)3)12-14-24(22)30/h11-14,16-18H,5-10,15H2,1-4H3/b25-17-. The minimum atomic E-state index is -0.640. The summed E-state index contributed by atoms with van der Waals surface area (Å²) in [7, 11) is 5.64. The molecule has 0 saturated carbocycles. The second-order valence-electron chi connectivity index (χ2n) is 9.04. The minimum absolute atomic E-state index is 0.254. The lowest BCUT2D eigenvalue weighted by atomic mass is 10.1. The maximum absolute atomic E-state index is 12.0. The number of likely N-dealkylation sites (N-methyl/N-ethyl adjacent to an activating group) is 1. The van der Waals surface area contributed by atoms with Crippen molar-refractivity contribution in [3.8, 4) is 0 Å². The monoisotopic (exact) mass is 447 g/mol. The fraction of sp³-hybridized carbons (Fsp3) is 0.407. The van der Waals surface area contributed by atoms with Crippen molar-refractivity contribution in [2.75, 3.05) is 26.0 Å². The highest BCUT2D eigenvalue weighted by Gasteiger charge is 2.32. The van der Waals surface area contributed by atoms with Crippen molar-refractivity contribution in [1.29, 1.82) is 0 Å². The Kier molecular flexibility index (Phi) is 6.72. The van der Waals surface area contributed by atoms with Crippen LogP contribution in [-0.2, 0) is 16.1 Å². The van der Waals surface area contributed by atoms with Gasteiger partial charge in [0, 0.05) is 55.2 Å². The Hall–Kier alpha value is -3.28. The number of hydrogen-bond donors (Lipinski definition) is 0. The molecule has 2 aromatic carbocycles. The average Bonchev–Trinajstić information content (AvgIpc) is 3.23. The molecule has 6 heteroatoms. The molecule has 0 atom stereocenters. The zero-order valence-corrected chi connectivity index (χ0v) is 20.1. The first-order chi connectivity index (χ1) is 15.9. The molecule has 0 aliphatic carbocycles. The molecule has 0 unspecified atom stereocenters. The Bertz CT molecular complexity index is 1220. The van der Waals surface area contributed by atoms with Crippen molar-refractivity contribution in [3.05, 3.63) is 47.7 Å². The molecule has 1 aliphatic heterocycles. The highest BCUT2D eigenvalue weighted by Crippen LogP contribution is 2.33. The normalized spacial score (nSPS) is 15.3. The van der Waals surface area contributed by atoms with Crippen molar-refractivity contribution in [2.24, 2.45) is 0 Å². The van der Waals surface area contributed by atoms with Gasteiger partial charge in [0.2, 0.25) is 0 Å². The van der Waals surface area contributed by atoms with Gasteiger partial charge in [-0.3, -0.25) is 4.90 Å². The van der Waals surface area contributed by atoms with Crippen LogP contribution < -0.4 is 4.90 Å². The van der Waals surface area contributed by atoms with E-state index in [1.807, 2.05) is 20.2 Å². The smallest absolute Gasteiger partial charge is 0.378 e. The van der Waals surface area contributed by atoms with Crippen LogP contribution in [0.1, 0.15) is 51.0 Å². The van der Waals surface area contributed by atoms with Gasteiger partial charge >= 0.3 is 12.1 Å². The van der Waals surface area contributed by atoms with Gasteiger partial charge in [-0.05, 0) is 48.4 Å². The van der Waals surface area contributed by atoms with Gasteiger partial charge in [0.15, 0.2) is 0 Å². The zero-order chi connectivity index (χ0) is 23.5. The van der Waals surface area contributed by atoms with Gasteiger partial charge in [0.25, 0.3) is 0 Å². The Morgan fingerprint density at radius 3 is 2.24 bits per heavy atom. The van der Waals surface area contributed by atoms with Crippen LogP contribution in [0.3, 0.4) is 0 Å². The van der Waals surface area contributed by atoms with Gasteiger partial charge in [-0.25, -0.2) is 9.59 Å². The number of nitrogens with zero attached hydrogens (tertiary/aromatic N) is 3. The molecule has 33 heavy (non-hydrogen) atoms. The molecule has 1 fully saturated rings. The number of carbonyl (C=O) groups is 2. The lowest BCUT2D eigenvalue weighted by Gasteiger charge is -2.13. The summed E-state index contributed by atoms with van der Waals surface area (Å²) in [5.41, 5.74) is 4.68. The summed E-state index contributed by atoms with van der Waals surface area (Å²) in [5, 5.41) is 2.34. The molecule has 1 saturated heterocycles. The first-order valence-electron chi connectivity index (χ1n) is 11.9. The minimum Gasteiger partial charge on any atom is -0.378 e. The van der Waals surface area contributed by atoms with Crippen LogP contribution in [0.5, 0.6) is 0 Å². The van der Waals surface area contributed by atoms with E-state index in [2.05, 4.69) is 46.7 Å². The molecule has 4 rings (SSSR count). The molecule has 3 aromatic rings. The van der Waals surface area contributed by atoms with E-state index >= 15 is 0 Å². The summed E-state index contributed by atoms with van der Waals surface area (Å²) < 4.78 is 7.13. The van der Waals surface area contributed by atoms with Crippen LogP contribution in [0.25, 0.3) is 27.9 Å². The van der Waals surface area contributed by atoms with Crippen LogP contribution in [0.4, 0.5) is 10.5 Å². The topological polar surface area (TPSA) is 54.8 Å². The van der Waals surface area contributed by atoms with E-state index in [9.17, 15) is 9.59 Å². The quantitative estimate of drug-likeness (QED) is 0.170. The maximum Gasteiger partial charge on any atom is 0.422 e. The number of cyclic esters (lactones) is 2. The average molecular weight is 448 g/mol. The number of benzene rings is 2. The largest absolute Gasteiger partial charge is 0.422 e. The van der Waals surface area contributed by atoms with Crippen LogP contribution in [-0.4, -0.2) is 42.7 Å². The van der Waals surface area contributed by atoms with Crippen molar-refractivity contribution in [1.82, 2.24) is 9.47 Å². The molecule has 0 bridgehead atoms. The second kappa shape index (κ2) is 9.69. The number of unbranched alkanes of at least 4 members (excludes halogenated alkanes) is 5. The molecular formula is C27H33N3O3.